The maximum Gasteiger partial charge on any atom is 0.269 e. The summed E-state index contributed by atoms with van der Waals surface area (Å²) in [4.78, 5) is 27.7. The first-order valence-electron chi connectivity index (χ1n) is 8.29. The Labute approximate surface area is 154 Å². The van der Waals surface area contributed by atoms with Crippen molar-refractivity contribution < 1.29 is 9.72 Å². The van der Waals surface area contributed by atoms with Crippen molar-refractivity contribution in [3.63, 3.8) is 0 Å². The van der Waals surface area contributed by atoms with Crippen LogP contribution in [0.2, 0.25) is 0 Å². The summed E-state index contributed by atoms with van der Waals surface area (Å²) in [5.74, 6) is -0.140. The number of amides is 1. The Balaban J connectivity index is 1.75. The first-order valence-corrected chi connectivity index (χ1v) is 9.11. The van der Waals surface area contributed by atoms with Crippen molar-refractivity contribution in [1.82, 2.24) is 0 Å². The number of aryl methyl sites for hydroxylation is 1. The maximum atomic E-state index is 13.1. The van der Waals surface area contributed by atoms with Crippen LogP contribution < -0.4 is 4.90 Å². The number of para-hydroxylation sites is 1. The molecule has 0 radical (unpaired) electrons. The molecule has 1 aromatic heterocycles. The third kappa shape index (κ3) is 2.78. The van der Waals surface area contributed by atoms with Crippen LogP contribution in [0.4, 0.5) is 11.4 Å². The normalized spacial score (nSPS) is 12.9. The van der Waals surface area contributed by atoms with E-state index in [1.807, 2.05) is 24.3 Å². The zero-order valence-corrected chi connectivity index (χ0v) is 15.0. The highest BCUT2D eigenvalue weighted by atomic mass is 32.1. The molecule has 0 spiro atoms. The lowest BCUT2D eigenvalue weighted by Crippen LogP contribution is -2.32. The number of fused-ring (bicyclic) bond motifs is 3. The highest BCUT2D eigenvalue weighted by Crippen LogP contribution is 2.41. The van der Waals surface area contributed by atoms with E-state index in [-0.39, 0.29) is 11.6 Å². The van der Waals surface area contributed by atoms with Crippen molar-refractivity contribution >= 4 is 28.6 Å². The van der Waals surface area contributed by atoms with Gasteiger partial charge in [-0.25, -0.2) is 0 Å². The molecule has 5 nitrogen and oxygen atoms in total. The lowest BCUT2D eigenvalue weighted by Gasteiger charge is -2.23. The molecule has 0 aliphatic carbocycles. The molecule has 1 aliphatic heterocycles. The fraction of sp³-hybridized carbons (Fsp3) is 0.150. The number of non-ortho nitro benzene ring substituents is 1. The number of benzene rings is 2. The minimum absolute atomic E-state index is 0.0181. The van der Waals surface area contributed by atoms with Gasteiger partial charge >= 0.3 is 0 Å². The van der Waals surface area contributed by atoms with E-state index in [1.54, 1.807) is 16.2 Å². The molecule has 0 saturated carbocycles. The summed E-state index contributed by atoms with van der Waals surface area (Å²) in [7, 11) is 0. The molecular formula is C20H16N2O3S. The fourth-order valence-electron chi connectivity index (χ4n) is 3.33. The van der Waals surface area contributed by atoms with Crippen LogP contribution >= 0.6 is 11.3 Å². The van der Waals surface area contributed by atoms with Gasteiger partial charge in [-0.3, -0.25) is 14.9 Å². The van der Waals surface area contributed by atoms with Crippen LogP contribution in [0.15, 0.2) is 54.6 Å². The quantitative estimate of drug-likeness (QED) is 0.483. The smallest absolute Gasteiger partial charge is 0.269 e. The van der Waals surface area contributed by atoms with Crippen molar-refractivity contribution in [3.8, 4) is 10.4 Å². The van der Waals surface area contributed by atoms with E-state index in [4.69, 9.17) is 0 Å². The van der Waals surface area contributed by atoms with Gasteiger partial charge < -0.3 is 4.90 Å². The summed E-state index contributed by atoms with van der Waals surface area (Å²) in [6, 6.07) is 15.9. The average Bonchev–Trinajstić information content (AvgIpc) is 2.95. The third-order valence-corrected chi connectivity index (χ3v) is 5.67. The molecule has 26 heavy (non-hydrogen) atoms. The molecule has 0 bridgehead atoms. The summed E-state index contributed by atoms with van der Waals surface area (Å²) in [5.41, 5.74) is 3.64. The lowest BCUT2D eigenvalue weighted by atomic mass is 10.1. The van der Waals surface area contributed by atoms with E-state index in [1.165, 1.54) is 39.6 Å². The van der Waals surface area contributed by atoms with Gasteiger partial charge in [0.05, 0.1) is 10.6 Å². The Bertz CT molecular complexity index is 1010. The zero-order valence-electron chi connectivity index (χ0n) is 14.1. The molecule has 0 saturated heterocycles. The van der Waals surface area contributed by atoms with Gasteiger partial charge in [-0.05, 0) is 43.2 Å². The van der Waals surface area contributed by atoms with E-state index in [0.717, 1.165) is 17.7 Å². The molecule has 1 aliphatic rings. The van der Waals surface area contributed by atoms with Crippen LogP contribution in [-0.2, 0) is 6.42 Å². The summed E-state index contributed by atoms with van der Waals surface area (Å²) in [6.45, 7) is 2.68. The fourth-order valence-corrected chi connectivity index (χ4v) is 4.42. The summed E-state index contributed by atoms with van der Waals surface area (Å²) in [5, 5.41) is 10.8. The molecule has 6 heteroatoms. The number of rotatable bonds is 2. The molecule has 130 valence electrons. The molecular weight excluding hydrogens is 348 g/mol. The predicted octanol–water partition coefficient (Wildman–Crippen LogP) is 4.83. The summed E-state index contributed by atoms with van der Waals surface area (Å²) >= 11 is 1.75. The van der Waals surface area contributed by atoms with E-state index in [9.17, 15) is 14.9 Å². The Morgan fingerprint density at radius 3 is 2.62 bits per heavy atom. The average molecular weight is 364 g/mol. The Hall–Kier alpha value is -2.99. The maximum absolute atomic E-state index is 13.1. The number of hydrogen-bond acceptors (Lipinski definition) is 4. The second-order valence-electron chi connectivity index (χ2n) is 6.24. The van der Waals surface area contributed by atoms with Crippen LogP contribution in [0, 0.1) is 17.0 Å². The van der Waals surface area contributed by atoms with Gasteiger partial charge in [-0.2, -0.15) is 0 Å². The monoisotopic (exact) mass is 364 g/mol. The highest BCUT2D eigenvalue weighted by Gasteiger charge is 2.26. The van der Waals surface area contributed by atoms with Gasteiger partial charge in [-0.15, -0.1) is 11.3 Å². The predicted molar refractivity (Wildman–Crippen MR) is 103 cm³/mol. The van der Waals surface area contributed by atoms with Crippen molar-refractivity contribution in [1.29, 1.82) is 0 Å². The van der Waals surface area contributed by atoms with E-state index >= 15 is 0 Å². The number of thiophene rings is 1. The number of carbonyl (C=O) groups excluding carboxylic acids is 1. The van der Waals surface area contributed by atoms with Crippen molar-refractivity contribution in [2.24, 2.45) is 0 Å². The second kappa shape index (κ2) is 6.38. The summed E-state index contributed by atoms with van der Waals surface area (Å²) < 4.78 is 0. The first-order chi connectivity index (χ1) is 12.5. The van der Waals surface area contributed by atoms with Crippen LogP contribution in [0.25, 0.3) is 10.4 Å². The molecule has 2 heterocycles. The molecule has 3 aromatic rings. The molecule has 2 aromatic carbocycles. The minimum Gasteiger partial charge on any atom is -0.307 e. The topological polar surface area (TPSA) is 63.5 Å². The number of nitro groups is 1. The number of hydrogen-bond donors (Lipinski definition) is 0. The van der Waals surface area contributed by atoms with Crippen LogP contribution in [0.1, 0.15) is 20.8 Å². The van der Waals surface area contributed by atoms with E-state index < -0.39 is 4.92 Å². The first kappa shape index (κ1) is 16.5. The van der Waals surface area contributed by atoms with Gasteiger partial charge in [-0.1, -0.05) is 18.2 Å². The van der Waals surface area contributed by atoms with Gasteiger partial charge in [0.15, 0.2) is 0 Å². The standard InChI is InChI=1S/C20H16N2O3S/c1-13-12-15-10-11-21(18-5-3-2-4-17(18)19(15)26-13)20(23)14-6-8-16(9-7-14)22(24)25/h2-9,12H,10-11H2,1H3. The SMILES string of the molecule is Cc1cc2c(s1)-c1ccccc1N(C(=O)c1ccc([N+](=O)[O-])cc1)CC2. The van der Waals surface area contributed by atoms with Crippen LogP contribution in [0.5, 0.6) is 0 Å². The largest absolute Gasteiger partial charge is 0.307 e. The molecule has 0 N–H and O–H groups in total. The molecule has 4 rings (SSSR count). The molecule has 1 amide bonds. The number of carbonyl (C=O) groups is 1. The highest BCUT2D eigenvalue weighted by molar-refractivity contribution is 7.15. The molecule has 0 atom stereocenters. The van der Waals surface area contributed by atoms with Crippen molar-refractivity contribution in [3.05, 3.63) is 80.7 Å². The molecule has 0 fully saturated rings. The Morgan fingerprint density at radius 1 is 1.15 bits per heavy atom. The number of anilines is 1. The van der Waals surface area contributed by atoms with Crippen molar-refractivity contribution in [2.75, 3.05) is 11.4 Å². The lowest BCUT2D eigenvalue weighted by molar-refractivity contribution is -0.384. The third-order valence-electron chi connectivity index (χ3n) is 4.55. The number of nitro benzene ring substituents is 1. The Morgan fingerprint density at radius 2 is 1.88 bits per heavy atom. The van der Waals surface area contributed by atoms with Gasteiger partial charge in [0.25, 0.3) is 11.6 Å². The van der Waals surface area contributed by atoms with Gasteiger partial charge in [0, 0.05) is 39.6 Å². The Kier molecular flexibility index (Phi) is 4.05. The minimum atomic E-state index is -0.462. The van der Waals surface area contributed by atoms with Crippen LogP contribution in [0.3, 0.4) is 0 Å². The van der Waals surface area contributed by atoms with E-state index in [2.05, 4.69) is 13.0 Å². The number of nitrogens with zero attached hydrogens (tertiary/aromatic N) is 2. The summed E-state index contributed by atoms with van der Waals surface area (Å²) in [6.07, 6.45) is 0.785. The molecule has 0 unspecified atom stereocenters. The second-order valence-corrected chi connectivity index (χ2v) is 7.50. The van der Waals surface area contributed by atoms with Crippen molar-refractivity contribution in [2.45, 2.75) is 13.3 Å². The zero-order chi connectivity index (χ0) is 18.3. The van der Waals surface area contributed by atoms with E-state index in [0.29, 0.717) is 12.1 Å². The van der Waals surface area contributed by atoms with Crippen LogP contribution in [-0.4, -0.2) is 17.4 Å². The van der Waals surface area contributed by atoms with Gasteiger partial charge in [0.1, 0.15) is 0 Å². The van der Waals surface area contributed by atoms with Gasteiger partial charge in [0.2, 0.25) is 0 Å².